The van der Waals surface area contributed by atoms with Gasteiger partial charge in [-0.1, -0.05) is 0 Å². The van der Waals surface area contributed by atoms with Crippen LogP contribution in [0.5, 0.6) is 0 Å². The fraction of sp³-hybridized carbons (Fsp3) is 0.500. The lowest BCUT2D eigenvalue weighted by molar-refractivity contribution is 0.0742. The summed E-state index contributed by atoms with van der Waals surface area (Å²) in [5.74, 6) is 6.36. The summed E-state index contributed by atoms with van der Waals surface area (Å²) in [5.41, 5.74) is 3.62. The minimum Gasteiger partial charge on any atom is -0.339 e. The number of carbonyl (C=O) groups is 1. The molecule has 1 atom stereocenters. The van der Waals surface area contributed by atoms with Gasteiger partial charge < -0.3 is 10.3 Å². The van der Waals surface area contributed by atoms with E-state index in [2.05, 4.69) is 16.7 Å². The van der Waals surface area contributed by atoms with Gasteiger partial charge in [0, 0.05) is 25.5 Å². The summed E-state index contributed by atoms with van der Waals surface area (Å²) in [5, 5.41) is 0. The van der Waals surface area contributed by atoms with Crippen LogP contribution in [-0.4, -0.2) is 40.9 Å². The van der Waals surface area contributed by atoms with Gasteiger partial charge in [-0.05, 0) is 31.4 Å². The van der Waals surface area contributed by atoms with Crippen molar-refractivity contribution in [3.63, 3.8) is 0 Å². The van der Waals surface area contributed by atoms with E-state index in [1.807, 2.05) is 6.92 Å². The monoisotopic (exact) mass is 268 g/mol. The molecule has 0 saturated carbocycles. The first-order valence-electron chi connectivity index (χ1n) is 5.78. The van der Waals surface area contributed by atoms with Crippen LogP contribution in [0.4, 0.5) is 5.69 Å². The summed E-state index contributed by atoms with van der Waals surface area (Å²) in [7, 11) is 1.81. The lowest BCUT2D eigenvalue weighted by atomic mass is 10.1. The van der Waals surface area contributed by atoms with Crippen molar-refractivity contribution in [2.24, 2.45) is 5.84 Å². The number of pyridine rings is 1. The number of thioether (sulfide) groups is 1. The van der Waals surface area contributed by atoms with Gasteiger partial charge in [-0.15, -0.1) is 0 Å². The fourth-order valence-corrected chi connectivity index (χ4v) is 2.14. The second-order valence-corrected chi connectivity index (χ2v) is 5.10. The van der Waals surface area contributed by atoms with Crippen LogP contribution in [-0.2, 0) is 0 Å². The number of hydrogen-bond donors (Lipinski definition) is 2. The number of anilines is 1. The van der Waals surface area contributed by atoms with Gasteiger partial charge in [0.05, 0.1) is 11.3 Å². The smallest absolute Gasteiger partial charge is 0.257 e. The largest absolute Gasteiger partial charge is 0.339 e. The molecule has 1 aromatic rings. The number of nitrogens with two attached hydrogens (primary N) is 1. The molecule has 3 N–H and O–H groups in total. The molecule has 0 fully saturated rings. The number of nitrogen functional groups attached to an aromatic ring is 1. The maximum atomic E-state index is 12.3. The van der Waals surface area contributed by atoms with Crippen molar-refractivity contribution in [2.75, 3.05) is 24.5 Å². The van der Waals surface area contributed by atoms with E-state index in [1.54, 1.807) is 36.0 Å². The standard InChI is InChI=1S/C12H20N4OS/c1-9(5-7-18-3)16(2)12(17)10-8-14-6-4-11(10)15-13/h4,6,8-9H,5,7,13H2,1-3H3,(H,14,15). The van der Waals surface area contributed by atoms with Crippen LogP contribution >= 0.6 is 11.8 Å². The molecule has 0 spiro atoms. The molecule has 1 heterocycles. The Balaban J connectivity index is 2.79. The first-order valence-corrected chi connectivity index (χ1v) is 7.18. The highest BCUT2D eigenvalue weighted by Crippen LogP contribution is 2.16. The quantitative estimate of drug-likeness (QED) is 0.605. The zero-order valence-electron chi connectivity index (χ0n) is 11.0. The Morgan fingerprint density at radius 2 is 2.39 bits per heavy atom. The SMILES string of the molecule is CSCCC(C)N(C)C(=O)c1cnccc1NN. The molecule has 0 bridgehead atoms. The van der Waals surface area contributed by atoms with Crippen molar-refractivity contribution in [1.29, 1.82) is 0 Å². The Morgan fingerprint density at radius 3 is 3.00 bits per heavy atom. The number of nitrogens with zero attached hydrogens (tertiary/aromatic N) is 2. The molecule has 5 nitrogen and oxygen atoms in total. The van der Waals surface area contributed by atoms with Gasteiger partial charge in [-0.2, -0.15) is 11.8 Å². The van der Waals surface area contributed by atoms with Gasteiger partial charge in [0.25, 0.3) is 5.91 Å². The molecule has 1 rings (SSSR count). The normalized spacial score (nSPS) is 12.0. The van der Waals surface area contributed by atoms with E-state index in [1.165, 1.54) is 6.20 Å². The number of nitrogens with one attached hydrogen (secondary N) is 1. The van der Waals surface area contributed by atoms with E-state index in [-0.39, 0.29) is 11.9 Å². The Bertz CT molecular complexity index is 399. The van der Waals surface area contributed by atoms with Crippen molar-refractivity contribution in [3.8, 4) is 0 Å². The highest BCUT2D eigenvalue weighted by molar-refractivity contribution is 7.98. The molecular formula is C12H20N4OS. The van der Waals surface area contributed by atoms with Crippen LogP contribution in [0.25, 0.3) is 0 Å². The van der Waals surface area contributed by atoms with E-state index in [4.69, 9.17) is 5.84 Å². The highest BCUT2D eigenvalue weighted by atomic mass is 32.2. The zero-order valence-corrected chi connectivity index (χ0v) is 11.8. The average molecular weight is 268 g/mol. The molecule has 0 saturated heterocycles. The summed E-state index contributed by atoms with van der Waals surface area (Å²) in [6, 6.07) is 1.88. The lowest BCUT2D eigenvalue weighted by Crippen LogP contribution is -2.36. The van der Waals surface area contributed by atoms with Crippen LogP contribution in [0.3, 0.4) is 0 Å². The molecular weight excluding hydrogens is 248 g/mol. The number of amides is 1. The Morgan fingerprint density at radius 1 is 1.67 bits per heavy atom. The van der Waals surface area contributed by atoms with Gasteiger partial charge in [0.15, 0.2) is 0 Å². The molecule has 0 aliphatic heterocycles. The van der Waals surface area contributed by atoms with Gasteiger partial charge in [0.1, 0.15) is 0 Å². The summed E-state index contributed by atoms with van der Waals surface area (Å²) < 4.78 is 0. The van der Waals surface area contributed by atoms with E-state index in [0.29, 0.717) is 11.3 Å². The van der Waals surface area contributed by atoms with E-state index >= 15 is 0 Å². The number of hydrogen-bond acceptors (Lipinski definition) is 5. The molecule has 0 aliphatic rings. The first kappa shape index (κ1) is 14.8. The van der Waals surface area contributed by atoms with Crippen LogP contribution in [0.2, 0.25) is 0 Å². The Hall–Kier alpha value is -1.27. The molecule has 1 amide bonds. The molecule has 1 aromatic heterocycles. The predicted molar refractivity (Wildman–Crippen MR) is 76.6 cm³/mol. The van der Waals surface area contributed by atoms with Crippen molar-refractivity contribution in [3.05, 3.63) is 24.0 Å². The van der Waals surface area contributed by atoms with E-state index in [0.717, 1.165) is 12.2 Å². The number of rotatable bonds is 6. The predicted octanol–water partition coefficient (Wildman–Crippen LogP) is 1.58. The second kappa shape index (κ2) is 7.23. The maximum absolute atomic E-state index is 12.3. The minimum atomic E-state index is -0.0651. The van der Waals surface area contributed by atoms with E-state index in [9.17, 15) is 4.79 Å². The van der Waals surface area contributed by atoms with Gasteiger partial charge in [-0.25, -0.2) is 0 Å². The van der Waals surface area contributed by atoms with E-state index < -0.39 is 0 Å². The third-order valence-corrected chi connectivity index (χ3v) is 3.57. The average Bonchev–Trinajstić information content (AvgIpc) is 2.42. The summed E-state index contributed by atoms with van der Waals surface area (Å²) in [6.45, 7) is 2.04. The number of hydrazine groups is 1. The second-order valence-electron chi connectivity index (χ2n) is 4.11. The summed E-state index contributed by atoms with van der Waals surface area (Å²) in [6.07, 6.45) is 6.17. The van der Waals surface area contributed by atoms with Crippen molar-refractivity contribution in [2.45, 2.75) is 19.4 Å². The number of aromatic nitrogens is 1. The lowest BCUT2D eigenvalue weighted by Gasteiger charge is -2.25. The van der Waals surface area contributed by atoms with Gasteiger partial charge >= 0.3 is 0 Å². The fourth-order valence-electron chi connectivity index (χ4n) is 1.56. The van der Waals surface area contributed by atoms with Crippen molar-refractivity contribution >= 4 is 23.4 Å². The Kier molecular flexibility index (Phi) is 5.94. The van der Waals surface area contributed by atoms with Crippen LogP contribution in [0, 0.1) is 0 Å². The molecule has 100 valence electrons. The minimum absolute atomic E-state index is 0.0651. The number of carbonyl (C=O) groups excluding carboxylic acids is 1. The first-order chi connectivity index (χ1) is 8.61. The van der Waals surface area contributed by atoms with Crippen LogP contribution < -0.4 is 11.3 Å². The third-order valence-electron chi connectivity index (χ3n) is 2.93. The topological polar surface area (TPSA) is 71.2 Å². The van der Waals surface area contributed by atoms with Gasteiger partial charge in [0.2, 0.25) is 0 Å². The summed E-state index contributed by atoms with van der Waals surface area (Å²) in [4.78, 5) is 18.0. The Labute approximate surface area is 112 Å². The maximum Gasteiger partial charge on any atom is 0.257 e. The highest BCUT2D eigenvalue weighted by Gasteiger charge is 2.19. The molecule has 0 aromatic carbocycles. The van der Waals surface area contributed by atoms with Crippen LogP contribution in [0.15, 0.2) is 18.5 Å². The zero-order chi connectivity index (χ0) is 13.5. The third kappa shape index (κ3) is 3.61. The van der Waals surface area contributed by atoms with Crippen molar-refractivity contribution in [1.82, 2.24) is 9.88 Å². The molecule has 18 heavy (non-hydrogen) atoms. The molecule has 1 unspecified atom stereocenters. The summed E-state index contributed by atoms with van der Waals surface area (Å²) >= 11 is 1.78. The van der Waals surface area contributed by atoms with Crippen molar-refractivity contribution < 1.29 is 4.79 Å². The van der Waals surface area contributed by atoms with Gasteiger partial charge in [-0.3, -0.25) is 15.6 Å². The van der Waals surface area contributed by atoms with Crippen LogP contribution in [0.1, 0.15) is 23.7 Å². The molecule has 0 radical (unpaired) electrons. The molecule has 6 heteroatoms. The molecule has 0 aliphatic carbocycles.